The molecule has 1 saturated heterocycles. The zero-order chi connectivity index (χ0) is 28.4. The van der Waals surface area contributed by atoms with Crippen LogP contribution in [0.4, 0.5) is 0 Å². The molecule has 220 valence electrons. The molecule has 0 unspecified atom stereocenters. The quantitative estimate of drug-likeness (QED) is 0.275. The molecule has 1 saturated carbocycles. The van der Waals surface area contributed by atoms with Crippen LogP contribution < -0.4 is 0 Å². The fourth-order valence-electron chi connectivity index (χ4n) is 6.00. The van der Waals surface area contributed by atoms with Crippen LogP contribution in [0.3, 0.4) is 0 Å². The van der Waals surface area contributed by atoms with Gasteiger partial charge < -0.3 is 28.8 Å². The van der Waals surface area contributed by atoms with Crippen molar-refractivity contribution in [2.75, 3.05) is 0 Å². The van der Waals surface area contributed by atoms with Crippen LogP contribution in [0.2, 0.25) is 0 Å². The monoisotopic (exact) mass is 560 g/mol. The maximum atomic E-state index is 11.0. The highest BCUT2D eigenvalue weighted by atomic mass is 16.7. The Bertz CT molecular complexity index is 1140. The van der Waals surface area contributed by atoms with Gasteiger partial charge in [-0.3, -0.25) is 0 Å². The van der Waals surface area contributed by atoms with Crippen molar-refractivity contribution in [3.8, 4) is 0 Å². The summed E-state index contributed by atoms with van der Waals surface area (Å²) in [7, 11) is 0. The number of aliphatic hydroxyl groups is 1. The maximum Gasteiger partial charge on any atom is 0.187 e. The summed E-state index contributed by atoms with van der Waals surface area (Å²) in [5.41, 5.74) is 3.21. The van der Waals surface area contributed by atoms with Crippen molar-refractivity contribution in [2.45, 2.75) is 102 Å². The topological polar surface area (TPSA) is 66.4 Å². The number of hydrogen-bond acceptors (Lipinski definition) is 6. The Morgan fingerprint density at radius 2 is 1.15 bits per heavy atom. The number of hydrogen-bond donors (Lipinski definition) is 1. The van der Waals surface area contributed by atoms with Crippen LogP contribution in [-0.4, -0.2) is 48.0 Å². The lowest BCUT2D eigenvalue weighted by Gasteiger charge is -2.47. The van der Waals surface area contributed by atoms with Crippen LogP contribution in [0, 0.1) is 5.92 Å². The predicted octanol–water partition coefficient (Wildman–Crippen LogP) is 6.44. The molecular formula is C35H44O6. The van der Waals surface area contributed by atoms with Crippen LogP contribution in [0.25, 0.3) is 0 Å². The Balaban J connectivity index is 1.42. The molecule has 1 heterocycles. The molecule has 3 aromatic carbocycles. The smallest absolute Gasteiger partial charge is 0.187 e. The molecule has 41 heavy (non-hydrogen) atoms. The van der Waals surface area contributed by atoms with Gasteiger partial charge in [-0.1, -0.05) is 111 Å². The van der Waals surface area contributed by atoms with Crippen molar-refractivity contribution in [3.63, 3.8) is 0 Å². The summed E-state index contributed by atoms with van der Waals surface area (Å²) < 4.78 is 33.1. The van der Waals surface area contributed by atoms with Gasteiger partial charge in [-0.25, -0.2) is 0 Å². The SMILES string of the molecule is CC[C@H]1CCC[C@@H](O)[C@@H]1O[C@H]1O[C@H](C)[C@H](OCc2ccccc2)[C@H](OCc2ccccc2)[C@H]1OCc1ccccc1. The molecule has 0 amide bonds. The fraction of sp³-hybridized carbons (Fsp3) is 0.486. The van der Waals surface area contributed by atoms with Gasteiger partial charge in [-0.05, 0) is 42.4 Å². The number of benzene rings is 3. The Morgan fingerprint density at radius 1 is 0.659 bits per heavy atom. The third kappa shape index (κ3) is 8.04. The summed E-state index contributed by atoms with van der Waals surface area (Å²) in [5, 5.41) is 11.0. The van der Waals surface area contributed by atoms with Crippen LogP contribution in [-0.2, 0) is 43.5 Å². The minimum absolute atomic E-state index is 0.267. The molecule has 1 aliphatic heterocycles. The summed E-state index contributed by atoms with van der Waals surface area (Å²) in [6.07, 6.45) is 0.424. The van der Waals surface area contributed by atoms with Crippen molar-refractivity contribution in [1.29, 1.82) is 0 Å². The van der Waals surface area contributed by atoms with Crippen molar-refractivity contribution in [1.82, 2.24) is 0 Å². The molecule has 6 heteroatoms. The van der Waals surface area contributed by atoms with Gasteiger partial charge in [-0.15, -0.1) is 0 Å². The maximum absolute atomic E-state index is 11.0. The van der Waals surface area contributed by atoms with Crippen LogP contribution >= 0.6 is 0 Å². The molecule has 2 aliphatic rings. The summed E-state index contributed by atoms with van der Waals surface area (Å²) in [4.78, 5) is 0. The number of rotatable bonds is 12. The van der Waals surface area contributed by atoms with Crippen molar-refractivity contribution < 1.29 is 28.8 Å². The van der Waals surface area contributed by atoms with Crippen LogP contribution in [0.15, 0.2) is 91.0 Å². The normalized spacial score (nSPS) is 30.2. The largest absolute Gasteiger partial charge is 0.390 e. The van der Waals surface area contributed by atoms with E-state index in [1.165, 1.54) is 0 Å². The van der Waals surface area contributed by atoms with Gasteiger partial charge >= 0.3 is 0 Å². The second kappa shape index (κ2) is 15.1. The first-order chi connectivity index (χ1) is 20.1. The third-order valence-electron chi connectivity index (χ3n) is 8.32. The molecule has 3 aromatic rings. The Morgan fingerprint density at radius 3 is 1.66 bits per heavy atom. The lowest BCUT2D eigenvalue weighted by molar-refractivity contribution is -0.338. The van der Waals surface area contributed by atoms with E-state index in [9.17, 15) is 5.11 Å². The molecular weight excluding hydrogens is 516 g/mol. The molecule has 1 aliphatic carbocycles. The zero-order valence-corrected chi connectivity index (χ0v) is 24.2. The average Bonchev–Trinajstić information content (AvgIpc) is 3.01. The minimum Gasteiger partial charge on any atom is -0.390 e. The lowest BCUT2D eigenvalue weighted by atomic mass is 9.82. The van der Waals surface area contributed by atoms with E-state index in [2.05, 4.69) is 31.2 Å². The van der Waals surface area contributed by atoms with E-state index >= 15 is 0 Å². The Kier molecular flexibility index (Phi) is 11.0. The first-order valence-corrected chi connectivity index (χ1v) is 15.1. The summed E-state index contributed by atoms with van der Waals surface area (Å²) >= 11 is 0. The first kappa shape index (κ1) is 29.9. The predicted molar refractivity (Wildman–Crippen MR) is 158 cm³/mol. The van der Waals surface area contributed by atoms with E-state index in [-0.39, 0.29) is 18.1 Å². The summed E-state index contributed by atoms with van der Waals surface area (Å²) in [6.45, 7) is 5.38. The lowest BCUT2D eigenvalue weighted by Crippen LogP contribution is -2.61. The highest BCUT2D eigenvalue weighted by Gasteiger charge is 2.49. The van der Waals surface area contributed by atoms with Crippen molar-refractivity contribution >= 4 is 0 Å². The third-order valence-corrected chi connectivity index (χ3v) is 8.32. The minimum atomic E-state index is -0.710. The van der Waals surface area contributed by atoms with E-state index in [4.69, 9.17) is 23.7 Å². The summed E-state index contributed by atoms with van der Waals surface area (Å²) in [6, 6.07) is 30.4. The second-order valence-corrected chi connectivity index (χ2v) is 11.3. The van der Waals surface area contributed by atoms with Gasteiger partial charge in [0.2, 0.25) is 0 Å². The van der Waals surface area contributed by atoms with E-state index in [1.807, 2.05) is 73.7 Å². The number of ether oxygens (including phenoxy) is 5. The zero-order valence-electron chi connectivity index (χ0n) is 24.2. The highest BCUT2D eigenvalue weighted by Crippen LogP contribution is 2.36. The molecule has 8 atom stereocenters. The molecule has 0 bridgehead atoms. The molecule has 0 radical (unpaired) electrons. The van der Waals surface area contributed by atoms with Gasteiger partial charge in [-0.2, -0.15) is 0 Å². The second-order valence-electron chi connectivity index (χ2n) is 11.3. The van der Waals surface area contributed by atoms with Gasteiger partial charge in [0.1, 0.15) is 18.3 Å². The molecule has 1 N–H and O–H groups in total. The van der Waals surface area contributed by atoms with Gasteiger partial charge in [0, 0.05) is 0 Å². The molecule has 0 spiro atoms. The van der Waals surface area contributed by atoms with Gasteiger partial charge in [0.05, 0.1) is 38.1 Å². The standard InChI is InChI=1S/C35H44O6/c1-3-29-20-13-21-30(36)32(29)41-35-34(39-24-28-18-11-6-12-19-28)33(38-23-27-16-9-5-10-17-27)31(25(2)40-35)37-22-26-14-7-4-8-15-26/h4-12,14-19,25,29-36H,3,13,20-24H2,1-2H3/t25-,29+,30-,31+,32-,33+,34-,35-/m1/s1. The Labute approximate surface area is 244 Å². The molecule has 2 fully saturated rings. The van der Waals surface area contributed by atoms with Crippen molar-refractivity contribution in [3.05, 3.63) is 108 Å². The van der Waals surface area contributed by atoms with Crippen LogP contribution in [0.5, 0.6) is 0 Å². The highest BCUT2D eigenvalue weighted by molar-refractivity contribution is 5.15. The van der Waals surface area contributed by atoms with Crippen molar-refractivity contribution in [2.24, 2.45) is 5.92 Å². The molecule has 5 rings (SSSR count). The first-order valence-electron chi connectivity index (χ1n) is 15.1. The molecule has 0 aromatic heterocycles. The van der Waals surface area contributed by atoms with Gasteiger partial charge in [0.25, 0.3) is 0 Å². The van der Waals surface area contributed by atoms with E-state index in [0.29, 0.717) is 19.8 Å². The summed E-state index contributed by atoms with van der Waals surface area (Å²) in [5.74, 6) is 0.267. The van der Waals surface area contributed by atoms with Crippen LogP contribution in [0.1, 0.15) is 56.2 Å². The number of aliphatic hydroxyl groups excluding tert-OH is 1. The van der Waals surface area contributed by atoms with E-state index < -0.39 is 30.7 Å². The average molecular weight is 561 g/mol. The fourth-order valence-corrected chi connectivity index (χ4v) is 6.00. The van der Waals surface area contributed by atoms with E-state index in [0.717, 1.165) is 42.4 Å². The van der Waals surface area contributed by atoms with E-state index in [1.54, 1.807) is 0 Å². The van der Waals surface area contributed by atoms with Gasteiger partial charge in [0.15, 0.2) is 6.29 Å². The Hall–Kier alpha value is -2.58. The molecule has 6 nitrogen and oxygen atoms in total.